The third-order valence-corrected chi connectivity index (χ3v) is 2.66. The average molecular weight is 213 g/mol. The summed E-state index contributed by atoms with van der Waals surface area (Å²) in [6.07, 6.45) is 7.15. The quantitative estimate of drug-likeness (QED) is 0.700. The summed E-state index contributed by atoms with van der Waals surface area (Å²) in [6, 6.07) is 0. The van der Waals surface area contributed by atoms with Gasteiger partial charge in [-0.05, 0) is 12.7 Å². The number of hydrogen-bond donors (Lipinski definition) is 1. The first kappa shape index (κ1) is 11.6. The molecular formula is C10H19N3S. The van der Waals surface area contributed by atoms with Crippen molar-refractivity contribution in [3.8, 4) is 0 Å². The molecule has 0 amide bonds. The van der Waals surface area contributed by atoms with Gasteiger partial charge in [0.15, 0.2) is 0 Å². The van der Waals surface area contributed by atoms with Gasteiger partial charge in [-0.15, -0.1) is 0 Å². The van der Waals surface area contributed by atoms with E-state index in [4.69, 9.17) is 0 Å². The minimum absolute atomic E-state index is 0.931. The van der Waals surface area contributed by atoms with Crippen LogP contribution in [0.2, 0.25) is 0 Å². The van der Waals surface area contributed by atoms with Crippen LogP contribution in [0.4, 0.5) is 0 Å². The molecule has 4 heteroatoms. The molecule has 0 radical (unpaired) electrons. The zero-order valence-corrected chi connectivity index (χ0v) is 9.81. The van der Waals surface area contributed by atoms with Crippen LogP contribution in [0.15, 0.2) is 12.5 Å². The molecule has 0 bridgehead atoms. The van der Waals surface area contributed by atoms with Gasteiger partial charge in [0.05, 0.1) is 12.0 Å². The molecule has 1 aromatic rings. The van der Waals surface area contributed by atoms with E-state index in [0.717, 1.165) is 26.1 Å². The Kier molecular flexibility index (Phi) is 5.71. The Morgan fingerprint density at radius 3 is 3.14 bits per heavy atom. The molecule has 0 aliphatic rings. The highest BCUT2D eigenvalue weighted by atomic mass is 32.2. The molecule has 1 rings (SSSR count). The number of rotatable bonds is 7. The minimum atomic E-state index is 0.931. The maximum absolute atomic E-state index is 4.16. The third-order valence-electron chi connectivity index (χ3n) is 2.05. The lowest BCUT2D eigenvalue weighted by Crippen LogP contribution is -2.18. The molecule has 0 aliphatic carbocycles. The Balaban J connectivity index is 2.30. The number of imidazole rings is 1. The van der Waals surface area contributed by atoms with E-state index >= 15 is 0 Å². The van der Waals surface area contributed by atoms with Crippen molar-refractivity contribution in [3.63, 3.8) is 0 Å². The van der Waals surface area contributed by atoms with Crippen molar-refractivity contribution in [2.24, 2.45) is 0 Å². The topological polar surface area (TPSA) is 29.9 Å². The van der Waals surface area contributed by atoms with E-state index in [1.165, 1.54) is 11.4 Å². The molecule has 3 nitrogen and oxygen atoms in total. The second-order valence-corrected chi connectivity index (χ2v) is 4.23. The normalized spacial score (nSPS) is 10.7. The fraction of sp³-hybridized carbons (Fsp3) is 0.700. The first-order chi connectivity index (χ1) is 6.88. The van der Waals surface area contributed by atoms with Gasteiger partial charge >= 0.3 is 0 Å². The van der Waals surface area contributed by atoms with E-state index in [1.807, 2.05) is 24.3 Å². The fourth-order valence-corrected chi connectivity index (χ4v) is 1.68. The number of nitrogens with zero attached hydrogens (tertiary/aromatic N) is 2. The Morgan fingerprint density at radius 2 is 2.43 bits per heavy atom. The van der Waals surface area contributed by atoms with Crippen LogP contribution in [0.3, 0.4) is 0 Å². The van der Waals surface area contributed by atoms with Crippen LogP contribution < -0.4 is 5.32 Å². The molecule has 1 aromatic heterocycles. The van der Waals surface area contributed by atoms with E-state index in [0.29, 0.717) is 0 Å². The van der Waals surface area contributed by atoms with Gasteiger partial charge in [0.25, 0.3) is 0 Å². The van der Waals surface area contributed by atoms with Crippen molar-refractivity contribution < 1.29 is 0 Å². The highest BCUT2D eigenvalue weighted by Crippen LogP contribution is 2.00. The fourth-order valence-electron chi connectivity index (χ4n) is 1.33. The molecule has 0 unspecified atom stereocenters. The van der Waals surface area contributed by atoms with Crippen LogP contribution in [0.25, 0.3) is 0 Å². The summed E-state index contributed by atoms with van der Waals surface area (Å²) in [5, 5.41) is 3.41. The number of hydrogen-bond acceptors (Lipinski definition) is 3. The highest BCUT2D eigenvalue weighted by molar-refractivity contribution is 7.98. The third kappa shape index (κ3) is 3.72. The molecule has 14 heavy (non-hydrogen) atoms. The lowest BCUT2D eigenvalue weighted by Gasteiger charge is -2.07. The minimum Gasteiger partial charge on any atom is -0.333 e. The molecule has 0 atom stereocenters. The van der Waals surface area contributed by atoms with Crippen molar-refractivity contribution in [2.75, 3.05) is 18.6 Å². The van der Waals surface area contributed by atoms with Gasteiger partial charge in [0.1, 0.15) is 0 Å². The van der Waals surface area contributed by atoms with Crippen LogP contribution in [0, 0.1) is 0 Å². The van der Waals surface area contributed by atoms with Gasteiger partial charge in [-0.2, -0.15) is 11.8 Å². The van der Waals surface area contributed by atoms with Crippen LogP contribution in [-0.2, 0) is 13.1 Å². The standard InChI is InChI=1S/C10H19N3S/c1-3-5-13-9-12-8-10(13)7-11-4-6-14-2/h8-9,11H,3-7H2,1-2H3. The summed E-state index contributed by atoms with van der Waals surface area (Å²) in [5.74, 6) is 1.17. The van der Waals surface area contributed by atoms with Crippen molar-refractivity contribution in [3.05, 3.63) is 18.2 Å². The molecule has 1 N–H and O–H groups in total. The van der Waals surface area contributed by atoms with Gasteiger partial charge in [-0.25, -0.2) is 4.98 Å². The molecule has 80 valence electrons. The number of thioether (sulfide) groups is 1. The van der Waals surface area contributed by atoms with Crippen molar-refractivity contribution in [1.29, 1.82) is 0 Å². The summed E-state index contributed by atoms with van der Waals surface area (Å²) in [4.78, 5) is 4.16. The second-order valence-electron chi connectivity index (χ2n) is 3.25. The molecule has 0 aromatic carbocycles. The molecule has 1 heterocycles. The summed E-state index contributed by atoms with van der Waals surface area (Å²) < 4.78 is 2.21. The number of aryl methyl sites for hydroxylation is 1. The van der Waals surface area contributed by atoms with Gasteiger partial charge < -0.3 is 9.88 Å². The van der Waals surface area contributed by atoms with Crippen molar-refractivity contribution >= 4 is 11.8 Å². The first-order valence-corrected chi connectivity index (χ1v) is 6.46. The van der Waals surface area contributed by atoms with E-state index in [2.05, 4.69) is 28.0 Å². The van der Waals surface area contributed by atoms with Crippen LogP contribution in [-0.4, -0.2) is 28.1 Å². The zero-order chi connectivity index (χ0) is 10.2. The Labute approximate surface area is 90.3 Å². The summed E-state index contributed by atoms with van der Waals surface area (Å²) in [6.45, 7) is 5.25. The zero-order valence-electron chi connectivity index (χ0n) is 8.99. The summed E-state index contributed by atoms with van der Waals surface area (Å²) >= 11 is 1.87. The number of nitrogens with one attached hydrogen (secondary N) is 1. The Bertz CT molecular complexity index is 247. The van der Waals surface area contributed by atoms with Gasteiger partial charge in [-0.3, -0.25) is 0 Å². The summed E-state index contributed by atoms with van der Waals surface area (Å²) in [5.41, 5.74) is 1.29. The predicted octanol–water partition coefficient (Wildman–Crippen LogP) is 1.75. The smallest absolute Gasteiger partial charge is 0.0948 e. The SMILES string of the molecule is CCCn1cncc1CNCCSC. The first-order valence-electron chi connectivity index (χ1n) is 5.07. The van der Waals surface area contributed by atoms with Crippen molar-refractivity contribution in [1.82, 2.24) is 14.9 Å². The monoisotopic (exact) mass is 213 g/mol. The number of aromatic nitrogens is 2. The van der Waals surface area contributed by atoms with Gasteiger partial charge in [-0.1, -0.05) is 6.92 Å². The van der Waals surface area contributed by atoms with Crippen LogP contribution in [0.1, 0.15) is 19.0 Å². The Hall–Kier alpha value is -0.480. The second kappa shape index (κ2) is 6.90. The van der Waals surface area contributed by atoms with E-state index in [1.54, 1.807) is 0 Å². The van der Waals surface area contributed by atoms with Crippen LogP contribution in [0.5, 0.6) is 0 Å². The lowest BCUT2D eigenvalue weighted by atomic mass is 10.4. The van der Waals surface area contributed by atoms with Crippen LogP contribution >= 0.6 is 11.8 Å². The molecule has 0 saturated heterocycles. The maximum atomic E-state index is 4.16. The lowest BCUT2D eigenvalue weighted by molar-refractivity contribution is 0.612. The maximum Gasteiger partial charge on any atom is 0.0948 e. The molecule has 0 aliphatic heterocycles. The van der Waals surface area contributed by atoms with Gasteiger partial charge in [0.2, 0.25) is 0 Å². The highest BCUT2D eigenvalue weighted by Gasteiger charge is 1.99. The van der Waals surface area contributed by atoms with Gasteiger partial charge in [0, 0.05) is 31.6 Å². The predicted molar refractivity (Wildman–Crippen MR) is 62.6 cm³/mol. The average Bonchev–Trinajstić information content (AvgIpc) is 2.61. The van der Waals surface area contributed by atoms with E-state index in [9.17, 15) is 0 Å². The largest absolute Gasteiger partial charge is 0.333 e. The molecule has 0 fully saturated rings. The molecule has 0 saturated carbocycles. The summed E-state index contributed by atoms with van der Waals surface area (Å²) in [7, 11) is 0. The van der Waals surface area contributed by atoms with E-state index < -0.39 is 0 Å². The molecule has 0 spiro atoms. The van der Waals surface area contributed by atoms with E-state index in [-0.39, 0.29) is 0 Å². The molecular weight excluding hydrogens is 194 g/mol. The Morgan fingerprint density at radius 1 is 1.57 bits per heavy atom. The van der Waals surface area contributed by atoms with Crippen molar-refractivity contribution in [2.45, 2.75) is 26.4 Å².